The van der Waals surface area contributed by atoms with Gasteiger partial charge in [-0.05, 0) is 42.5 Å². The van der Waals surface area contributed by atoms with Crippen molar-refractivity contribution in [3.8, 4) is 34.9 Å². The highest BCUT2D eigenvalue weighted by Gasteiger charge is 2.15. The Labute approximate surface area is 183 Å². The molecule has 0 spiro atoms. The molecule has 0 saturated carbocycles. The average Bonchev–Trinajstić information content (AvgIpc) is 2.77. The minimum absolute atomic E-state index is 0.161. The van der Waals surface area contributed by atoms with Gasteiger partial charge in [-0.1, -0.05) is 53.4 Å². The number of rotatable bonds is 4. The van der Waals surface area contributed by atoms with E-state index in [0.717, 1.165) is 11.1 Å². The van der Waals surface area contributed by atoms with Gasteiger partial charge in [0, 0.05) is 26.7 Å². The number of benzene rings is 3. The Balaban J connectivity index is 1.89. The van der Waals surface area contributed by atoms with Gasteiger partial charge in [-0.2, -0.15) is 0 Å². The highest BCUT2D eigenvalue weighted by molar-refractivity contribution is 6.31. The van der Waals surface area contributed by atoms with Crippen molar-refractivity contribution in [2.75, 3.05) is 6.54 Å². The summed E-state index contributed by atoms with van der Waals surface area (Å²) in [4.78, 5) is 22.0. The van der Waals surface area contributed by atoms with E-state index in [9.17, 15) is 4.79 Å². The molecule has 6 heteroatoms. The number of hydrogen-bond donors (Lipinski definition) is 1. The molecular formula is C24H15Cl2N3O. The van der Waals surface area contributed by atoms with E-state index in [1.165, 1.54) is 0 Å². The molecule has 0 bridgehead atoms. The van der Waals surface area contributed by atoms with E-state index in [-0.39, 0.29) is 12.5 Å². The molecule has 30 heavy (non-hydrogen) atoms. The number of amides is 1. The molecule has 1 amide bonds. The lowest BCUT2D eigenvalue weighted by atomic mass is 10.0. The number of nitrogens with one attached hydrogen (secondary N) is 1. The van der Waals surface area contributed by atoms with E-state index in [4.69, 9.17) is 39.6 Å². The topological polar surface area (TPSA) is 54.9 Å². The fourth-order valence-corrected chi connectivity index (χ4v) is 3.30. The van der Waals surface area contributed by atoms with E-state index in [1.54, 1.807) is 30.3 Å². The zero-order valence-electron chi connectivity index (χ0n) is 15.7. The lowest BCUT2D eigenvalue weighted by molar-refractivity contribution is 0.0959. The molecule has 0 unspecified atom stereocenters. The second-order valence-corrected chi connectivity index (χ2v) is 7.40. The van der Waals surface area contributed by atoms with Crippen molar-refractivity contribution in [3.63, 3.8) is 0 Å². The predicted octanol–water partition coefficient (Wildman–Crippen LogP) is 5.63. The highest BCUT2D eigenvalue weighted by Crippen LogP contribution is 2.32. The van der Waals surface area contributed by atoms with Gasteiger partial charge >= 0.3 is 0 Å². The third-order valence-electron chi connectivity index (χ3n) is 4.51. The summed E-state index contributed by atoms with van der Waals surface area (Å²) < 4.78 is 0. The number of halogens is 2. The van der Waals surface area contributed by atoms with Crippen LogP contribution >= 0.6 is 23.2 Å². The van der Waals surface area contributed by atoms with Crippen molar-refractivity contribution in [2.45, 2.75) is 0 Å². The van der Waals surface area contributed by atoms with Gasteiger partial charge in [0.2, 0.25) is 0 Å². The minimum atomic E-state index is -0.258. The standard InChI is InChI=1S/C24H15Cl2N3O/c1-2-13-27-24(30)17-7-12-20-21(14-17)29-23(16-5-10-19(26)11-6-16)22(28-20)15-3-8-18(25)9-4-15/h1,3-12,14H,13H2,(H,27,30). The summed E-state index contributed by atoms with van der Waals surface area (Å²) in [6.07, 6.45) is 5.22. The molecule has 0 atom stereocenters. The Bertz CT molecular complexity index is 1280. The molecule has 0 aliphatic carbocycles. The van der Waals surface area contributed by atoms with Gasteiger partial charge in [0.15, 0.2) is 0 Å². The zero-order chi connectivity index (χ0) is 21.1. The number of terminal acetylenes is 1. The van der Waals surface area contributed by atoms with E-state index in [0.29, 0.717) is 38.0 Å². The van der Waals surface area contributed by atoms with Crippen LogP contribution in [0.3, 0.4) is 0 Å². The fraction of sp³-hybridized carbons (Fsp3) is 0.0417. The van der Waals surface area contributed by atoms with Crippen LogP contribution in [0.5, 0.6) is 0 Å². The number of nitrogens with zero attached hydrogens (tertiary/aromatic N) is 2. The first-order valence-electron chi connectivity index (χ1n) is 9.10. The molecule has 0 aliphatic heterocycles. The van der Waals surface area contributed by atoms with Crippen molar-refractivity contribution in [1.29, 1.82) is 0 Å². The molecule has 0 fully saturated rings. The smallest absolute Gasteiger partial charge is 0.252 e. The van der Waals surface area contributed by atoms with Crippen molar-refractivity contribution in [3.05, 3.63) is 82.3 Å². The molecule has 1 N–H and O–H groups in total. The molecule has 4 aromatic rings. The molecule has 146 valence electrons. The molecule has 0 aliphatic rings. The molecule has 0 radical (unpaired) electrons. The lowest BCUT2D eigenvalue weighted by Crippen LogP contribution is -2.23. The zero-order valence-corrected chi connectivity index (χ0v) is 17.2. The summed E-state index contributed by atoms with van der Waals surface area (Å²) in [6, 6.07) is 20.0. The average molecular weight is 432 g/mol. The summed E-state index contributed by atoms with van der Waals surface area (Å²) in [5.41, 5.74) is 4.88. The summed E-state index contributed by atoms with van der Waals surface area (Å²) in [5, 5.41) is 3.93. The largest absolute Gasteiger partial charge is 0.341 e. The lowest BCUT2D eigenvalue weighted by Gasteiger charge is -2.12. The fourth-order valence-electron chi connectivity index (χ4n) is 3.05. The second kappa shape index (κ2) is 8.54. The molecule has 4 rings (SSSR count). The molecular weight excluding hydrogens is 417 g/mol. The van der Waals surface area contributed by atoms with E-state index in [2.05, 4.69) is 11.2 Å². The van der Waals surface area contributed by atoms with Crippen LogP contribution in [0.1, 0.15) is 10.4 Å². The number of aromatic nitrogens is 2. The Morgan fingerprint density at radius 3 is 1.90 bits per heavy atom. The van der Waals surface area contributed by atoms with Gasteiger partial charge in [0.25, 0.3) is 5.91 Å². The first-order valence-corrected chi connectivity index (χ1v) is 9.86. The normalized spacial score (nSPS) is 10.6. The summed E-state index contributed by atoms with van der Waals surface area (Å²) in [5.74, 6) is 2.13. The van der Waals surface area contributed by atoms with Crippen LogP contribution < -0.4 is 5.32 Å². The maximum atomic E-state index is 12.3. The molecule has 1 heterocycles. The quantitative estimate of drug-likeness (QED) is 0.425. The number of carbonyl (C=O) groups is 1. The van der Waals surface area contributed by atoms with E-state index < -0.39 is 0 Å². The van der Waals surface area contributed by atoms with Crippen LogP contribution in [0, 0.1) is 12.3 Å². The van der Waals surface area contributed by atoms with Crippen LogP contribution in [0.4, 0.5) is 0 Å². The SMILES string of the molecule is C#CCNC(=O)c1ccc2nc(-c3ccc(Cl)cc3)c(-c3ccc(Cl)cc3)nc2c1. The first-order chi connectivity index (χ1) is 14.5. The van der Waals surface area contributed by atoms with Gasteiger partial charge in [0.1, 0.15) is 0 Å². The minimum Gasteiger partial charge on any atom is -0.341 e. The summed E-state index contributed by atoms with van der Waals surface area (Å²) in [7, 11) is 0. The van der Waals surface area contributed by atoms with Crippen molar-refractivity contribution < 1.29 is 4.79 Å². The van der Waals surface area contributed by atoms with Crippen LogP contribution in [0.25, 0.3) is 33.5 Å². The van der Waals surface area contributed by atoms with Crippen molar-refractivity contribution >= 4 is 40.1 Å². The van der Waals surface area contributed by atoms with Gasteiger partial charge in [-0.3, -0.25) is 4.79 Å². The van der Waals surface area contributed by atoms with Crippen molar-refractivity contribution in [1.82, 2.24) is 15.3 Å². The molecule has 3 aromatic carbocycles. The Morgan fingerprint density at radius 2 is 1.37 bits per heavy atom. The number of fused-ring (bicyclic) bond motifs is 1. The van der Waals surface area contributed by atoms with E-state index >= 15 is 0 Å². The monoisotopic (exact) mass is 431 g/mol. The van der Waals surface area contributed by atoms with Gasteiger partial charge in [0.05, 0.1) is 29.0 Å². The molecule has 1 aromatic heterocycles. The molecule has 4 nitrogen and oxygen atoms in total. The maximum absolute atomic E-state index is 12.3. The van der Waals surface area contributed by atoms with Crippen molar-refractivity contribution in [2.24, 2.45) is 0 Å². The number of hydrogen-bond acceptors (Lipinski definition) is 3. The maximum Gasteiger partial charge on any atom is 0.252 e. The highest BCUT2D eigenvalue weighted by atomic mass is 35.5. The van der Waals surface area contributed by atoms with Crippen LogP contribution in [-0.2, 0) is 0 Å². The summed E-state index contributed by atoms with van der Waals surface area (Å²) in [6.45, 7) is 0.161. The van der Waals surface area contributed by atoms with Crippen LogP contribution in [0.2, 0.25) is 10.0 Å². The van der Waals surface area contributed by atoms with Gasteiger partial charge in [-0.25, -0.2) is 9.97 Å². The molecule has 0 saturated heterocycles. The third-order valence-corrected chi connectivity index (χ3v) is 5.02. The Morgan fingerprint density at radius 1 is 0.833 bits per heavy atom. The van der Waals surface area contributed by atoms with Gasteiger partial charge < -0.3 is 5.32 Å². The van der Waals surface area contributed by atoms with Crippen LogP contribution in [-0.4, -0.2) is 22.4 Å². The number of carbonyl (C=O) groups excluding carboxylic acids is 1. The Kier molecular flexibility index (Phi) is 5.67. The Hall–Kier alpha value is -3.39. The van der Waals surface area contributed by atoms with Gasteiger partial charge in [-0.15, -0.1) is 6.42 Å². The van der Waals surface area contributed by atoms with E-state index in [1.807, 2.05) is 36.4 Å². The third kappa shape index (κ3) is 4.13. The first kappa shape index (κ1) is 19.9. The van der Waals surface area contributed by atoms with Crippen LogP contribution in [0.15, 0.2) is 66.7 Å². The predicted molar refractivity (Wildman–Crippen MR) is 122 cm³/mol. The second-order valence-electron chi connectivity index (χ2n) is 6.52. The summed E-state index contributed by atoms with van der Waals surface area (Å²) >= 11 is 12.1.